The number of methoxy groups -OCH3 is 2. The van der Waals surface area contributed by atoms with Crippen molar-refractivity contribution in [2.75, 3.05) is 37.6 Å². The van der Waals surface area contributed by atoms with Crippen molar-refractivity contribution in [3.63, 3.8) is 0 Å². The third-order valence-corrected chi connectivity index (χ3v) is 5.27. The van der Waals surface area contributed by atoms with Crippen LogP contribution in [-0.2, 0) is 16.1 Å². The van der Waals surface area contributed by atoms with Gasteiger partial charge in [0.15, 0.2) is 11.5 Å². The van der Waals surface area contributed by atoms with Gasteiger partial charge in [0.1, 0.15) is 0 Å². The number of hydrogen-bond donors (Lipinski definition) is 1. The van der Waals surface area contributed by atoms with E-state index in [4.69, 9.17) is 9.47 Å². The Hall–Kier alpha value is -2.67. The van der Waals surface area contributed by atoms with Gasteiger partial charge < -0.3 is 19.7 Å². The molecule has 2 aromatic carbocycles. The van der Waals surface area contributed by atoms with Gasteiger partial charge in [0.25, 0.3) is 0 Å². The van der Waals surface area contributed by atoms with E-state index in [0.29, 0.717) is 24.6 Å². The third-order valence-electron chi connectivity index (χ3n) is 4.35. The van der Waals surface area contributed by atoms with E-state index < -0.39 is 0 Å². The highest BCUT2D eigenvalue weighted by Crippen LogP contribution is 2.28. The van der Waals surface area contributed by atoms with Gasteiger partial charge in [0.2, 0.25) is 11.8 Å². The van der Waals surface area contributed by atoms with E-state index >= 15 is 0 Å². The normalized spacial score (nSPS) is 10.3. The Morgan fingerprint density at radius 1 is 1.00 bits per heavy atom. The van der Waals surface area contributed by atoms with Crippen LogP contribution in [0.4, 0.5) is 5.69 Å². The molecule has 0 fully saturated rings. The van der Waals surface area contributed by atoms with Crippen LogP contribution in [0.25, 0.3) is 0 Å². The van der Waals surface area contributed by atoms with Gasteiger partial charge in [-0.15, -0.1) is 11.8 Å². The Morgan fingerprint density at radius 3 is 2.31 bits per heavy atom. The first-order chi connectivity index (χ1) is 14.0. The molecule has 0 heterocycles. The SMILES string of the molecule is CCN(Cc1ccc(OC)c(OC)c1)C(=O)CSCC(=O)Nc1ccc(C)cc1. The van der Waals surface area contributed by atoms with Gasteiger partial charge in [0, 0.05) is 18.8 Å². The number of benzene rings is 2. The minimum Gasteiger partial charge on any atom is -0.493 e. The maximum absolute atomic E-state index is 12.6. The molecule has 0 aliphatic heterocycles. The van der Waals surface area contributed by atoms with Crippen LogP contribution in [0.5, 0.6) is 11.5 Å². The van der Waals surface area contributed by atoms with Crippen LogP contribution in [-0.4, -0.2) is 49.0 Å². The molecule has 0 aromatic heterocycles. The van der Waals surface area contributed by atoms with Crippen LogP contribution in [0.2, 0.25) is 0 Å². The number of carbonyl (C=O) groups excluding carboxylic acids is 2. The van der Waals surface area contributed by atoms with Gasteiger partial charge in [-0.2, -0.15) is 0 Å². The second-order valence-electron chi connectivity index (χ2n) is 6.50. The summed E-state index contributed by atoms with van der Waals surface area (Å²) in [5.41, 5.74) is 2.85. The Kier molecular flexibility index (Phi) is 8.86. The number of aryl methyl sites for hydroxylation is 1. The molecule has 0 saturated heterocycles. The minimum absolute atomic E-state index is 0.00424. The Labute approximate surface area is 176 Å². The van der Waals surface area contributed by atoms with E-state index in [1.54, 1.807) is 19.1 Å². The molecule has 0 aliphatic rings. The first kappa shape index (κ1) is 22.6. The summed E-state index contributed by atoms with van der Waals surface area (Å²) in [5.74, 6) is 1.65. The fraction of sp³-hybridized carbons (Fsp3) is 0.364. The van der Waals surface area contributed by atoms with Gasteiger partial charge in [-0.05, 0) is 43.7 Å². The Morgan fingerprint density at radius 2 is 1.69 bits per heavy atom. The lowest BCUT2D eigenvalue weighted by atomic mass is 10.2. The van der Waals surface area contributed by atoms with E-state index in [0.717, 1.165) is 16.8 Å². The molecule has 0 unspecified atom stereocenters. The molecule has 156 valence electrons. The summed E-state index contributed by atoms with van der Waals surface area (Å²) in [6, 6.07) is 13.2. The molecule has 0 atom stereocenters. The van der Waals surface area contributed by atoms with Crippen LogP contribution in [0, 0.1) is 6.92 Å². The zero-order chi connectivity index (χ0) is 21.2. The predicted octanol–water partition coefficient (Wildman–Crippen LogP) is 3.73. The largest absolute Gasteiger partial charge is 0.493 e. The molecule has 2 amide bonds. The summed E-state index contributed by atoms with van der Waals surface area (Å²) >= 11 is 1.31. The molecular weight excluding hydrogens is 388 g/mol. The lowest BCUT2D eigenvalue weighted by Gasteiger charge is -2.21. The van der Waals surface area contributed by atoms with Crippen LogP contribution in [0.1, 0.15) is 18.1 Å². The molecule has 2 aromatic rings. The predicted molar refractivity (Wildman–Crippen MR) is 118 cm³/mol. The van der Waals surface area contributed by atoms with Crippen molar-refractivity contribution < 1.29 is 19.1 Å². The Bertz CT molecular complexity index is 824. The summed E-state index contributed by atoms with van der Waals surface area (Å²) in [5, 5.41) is 2.84. The maximum atomic E-state index is 12.6. The van der Waals surface area contributed by atoms with E-state index in [1.165, 1.54) is 11.8 Å². The summed E-state index contributed by atoms with van der Waals surface area (Å²) in [6.07, 6.45) is 0. The van der Waals surface area contributed by atoms with Gasteiger partial charge in [-0.25, -0.2) is 0 Å². The molecule has 0 radical (unpaired) electrons. The number of amides is 2. The lowest BCUT2D eigenvalue weighted by Crippen LogP contribution is -2.32. The second kappa shape index (κ2) is 11.4. The number of ether oxygens (including phenoxy) is 2. The van der Waals surface area contributed by atoms with Crippen molar-refractivity contribution in [2.24, 2.45) is 0 Å². The quantitative estimate of drug-likeness (QED) is 0.639. The number of hydrogen-bond acceptors (Lipinski definition) is 5. The summed E-state index contributed by atoms with van der Waals surface area (Å²) in [6.45, 7) is 5.00. The monoisotopic (exact) mass is 416 g/mol. The molecule has 7 heteroatoms. The summed E-state index contributed by atoms with van der Waals surface area (Å²) < 4.78 is 10.6. The zero-order valence-corrected chi connectivity index (χ0v) is 18.2. The van der Waals surface area contributed by atoms with E-state index in [9.17, 15) is 9.59 Å². The number of nitrogens with one attached hydrogen (secondary N) is 1. The van der Waals surface area contributed by atoms with Crippen molar-refractivity contribution in [3.8, 4) is 11.5 Å². The number of anilines is 1. The van der Waals surface area contributed by atoms with Gasteiger partial charge >= 0.3 is 0 Å². The molecule has 0 spiro atoms. The number of rotatable bonds is 10. The summed E-state index contributed by atoms with van der Waals surface area (Å²) in [7, 11) is 3.17. The first-order valence-electron chi connectivity index (χ1n) is 9.39. The van der Waals surface area contributed by atoms with Crippen molar-refractivity contribution in [2.45, 2.75) is 20.4 Å². The second-order valence-corrected chi connectivity index (χ2v) is 7.49. The molecule has 2 rings (SSSR count). The van der Waals surface area contributed by atoms with Crippen LogP contribution in [0.3, 0.4) is 0 Å². The van der Waals surface area contributed by atoms with E-state index in [1.807, 2.05) is 56.3 Å². The highest BCUT2D eigenvalue weighted by atomic mass is 32.2. The molecule has 29 heavy (non-hydrogen) atoms. The van der Waals surface area contributed by atoms with Crippen LogP contribution >= 0.6 is 11.8 Å². The van der Waals surface area contributed by atoms with Crippen molar-refractivity contribution >= 4 is 29.3 Å². The fourth-order valence-corrected chi connectivity index (χ4v) is 3.45. The molecule has 6 nitrogen and oxygen atoms in total. The van der Waals surface area contributed by atoms with Crippen molar-refractivity contribution in [3.05, 3.63) is 53.6 Å². The number of thioether (sulfide) groups is 1. The minimum atomic E-state index is -0.116. The standard InChI is InChI=1S/C22H28N2O4S/c1-5-24(13-17-8-11-19(27-3)20(12-17)28-4)22(26)15-29-14-21(25)23-18-9-6-16(2)7-10-18/h6-12H,5,13-15H2,1-4H3,(H,23,25). The maximum Gasteiger partial charge on any atom is 0.234 e. The lowest BCUT2D eigenvalue weighted by molar-refractivity contribution is -0.128. The van der Waals surface area contributed by atoms with Gasteiger partial charge in [-0.1, -0.05) is 23.8 Å². The Balaban J connectivity index is 1.83. The number of carbonyl (C=O) groups is 2. The zero-order valence-electron chi connectivity index (χ0n) is 17.4. The van der Waals surface area contributed by atoms with Crippen LogP contribution in [0.15, 0.2) is 42.5 Å². The molecular formula is C22H28N2O4S. The molecule has 0 saturated carbocycles. The van der Waals surface area contributed by atoms with Gasteiger partial charge in [-0.3, -0.25) is 9.59 Å². The highest BCUT2D eigenvalue weighted by molar-refractivity contribution is 8.00. The van der Waals surface area contributed by atoms with E-state index in [-0.39, 0.29) is 23.3 Å². The van der Waals surface area contributed by atoms with Crippen LogP contribution < -0.4 is 14.8 Å². The van der Waals surface area contributed by atoms with E-state index in [2.05, 4.69) is 5.32 Å². The number of nitrogens with zero attached hydrogens (tertiary/aromatic N) is 1. The summed E-state index contributed by atoms with van der Waals surface area (Å²) in [4.78, 5) is 26.4. The highest BCUT2D eigenvalue weighted by Gasteiger charge is 2.15. The van der Waals surface area contributed by atoms with Gasteiger partial charge in [0.05, 0.1) is 25.7 Å². The molecule has 0 aliphatic carbocycles. The molecule has 1 N–H and O–H groups in total. The molecule has 0 bridgehead atoms. The third kappa shape index (κ3) is 7.02. The first-order valence-corrected chi connectivity index (χ1v) is 10.5. The smallest absolute Gasteiger partial charge is 0.234 e. The topological polar surface area (TPSA) is 67.9 Å². The van der Waals surface area contributed by atoms with Crippen molar-refractivity contribution in [1.82, 2.24) is 4.90 Å². The van der Waals surface area contributed by atoms with Crippen molar-refractivity contribution in [1.29, 1.82) is 0 Å². The fourth-order valence-electron chi connectivity index (χ4n) is 2.73. The average Bonchev–Trinajstić information content (AvgIpc) is 2.73. The average molecular weight is 417 g/mol.